The number of thioether (sulfide) groups is 3. The van der Waals surface area contributed by atoms with Gasteiger partial charge in [0.25, 0.3) is 0 Å². The third kappa shape index (κ3) is 39.6. The number of phenols is 1. The minimum atomic E-state index is -0.678. The molecule has 29 nitrogen and oxygen atoms in total. The third-order valence-electron chi connectivity index (χ3n) is 21.2. The van der Waals surface area contributed by atoms with Crippen molar-refractivity contribution in [1.29, 1.82) is 0 Å². The number of nitrogens with two attached hydrogens (primary N) is 5. The van der Waals surface area contributed by atoms with E-state index in [2.05, 4.69) is 160 Å². The van der Waals surface area contributed by atoms with Crippen LogP contribution in [0.5, 0.6) is 5.75 Å². The summed E-state index contributed by atoms with van der Waals surface area (Å²) >= 11 is 61.8. The minimum absolute atomic E-state index is 0.0763. The van der Waals surface area contributed by atoms with E-state index in [0.717, 1.165) is 25.8 Å². The van der Waals surface area contributed by atoms with Gasteiger partial charge in [-0.05, 0) is 361 Å². The van der Waals surface area contributed by atoms with Crippen LogP contribution in [-0.4, -0.2) is 153 Å². The zero-order valence-electron chi connectivity index (χ0n) is 83.7. The number of amides is 3. The molecule has 0 bridgehead atoms. The Labute approximate surface area is 945 Å². The molecule has 10 aromatic carbocycles. The Morgan fingerprint density at radius 2 is 0.687 bits per heavy atom. The van der Waals surface area contributed by atoms with Gasteiger partial charge in [0.05, 0.1) is 141 Å². The number of aromatic nitrogens is 12. The van der Waals surface area contributed by atoms with Crippen LogP contribution in [-0.2, 0) is 20.9 Å². The van der Waals surface area contributed by atoms with Crippen molar-refractivity contribution in [3.05, 3.63) is 287 Å². The van der Waals surface area contributed by atoms with E-state index in [1.807, 2.05) is 160 Å². The Morgan fingerprint density at radius 3 is 0.967 bits per heavy atom. The molecule has 3 amide bonds. The number of anilines is 6. The lowest BCUT2D eigenvalue weighted by Gasteiger charge is -2.20. The first-order valence-corrected chi connectivity index (χ1v) is 54.2. The average molecular weight is 2360 g/mol. The fourth-order valence-corrected chi connectivity index (χ4v) is 18.1. The molecule has 19 N–H and O–H groups in total. The number of phenolic OH excluding ortho intramolecular Hbond substituents is 1. The van der Waals surface area contributed by atoms with Crippen LogP contribution < -0.4 is 60.4 Å². The van der Waals surface area contributed by atoms with Gasteiger partial charge in [-0.15, -0.1) is 15.3 Å². The number of rotatable bonds is 25. The highest BCUT2D eigenvalue weighted by Crippen LogP contribution is 2.45. The molecular formula is C106H109B2Cl9IN23O6S3. The van der Waals surface area contributed by atoms with Crippen molar-refractivity contribution in [1.82, 2.24) is 76.4 Å². The Morgan fingerprint density at radius 1 is 0.393 bits per heavy atom. The maximum absolute atomic E-state index is 12.7. The Balaban J connectivity index is 0.000000181. The maximum Gasteiger partial charge on any atom is 0.374 e. The van der Waals surface area contributed by atoms with Crippen LogP contribution in [0, 0.1) is 62.8 Å². The van der Waals surface area contributed by atoms with Gasteiger partial charge in [0, 0.05) is 43.5 Å². The molecule has 0 saturated heterocycles. The molecule has 44 heteroatoms. The summed E-state index contributed by atoms with van der Waals surface area (Å²) in [5.41, 5.74) is 39.0. The van der Waals surface area contributed by atoms with E-state index in [0.29, 0.717) is 147 Å². The predicted molar refractivity (Wildman–Crippen MR) is 623 cm³/mol. The molecule has 16 rings (SSSR count). The third-order valence-corrected chi connectivity index (χ3v) is 27.5. The zero-order chi connectivity index (χ0) is 109. The molecule has 3 aliphatic rings. The first-order chi connectivity index (χ1) is 70.9. The fraction of sp³-hybridized carbons (Fsp3) is 0.283. The van der Waals surface area contributed by atoms with Gasteiger partial charge in [-0.2, -0.15) is 14.0 Å². The number of hydrogen-bond donors (Lipinski definition) is 14. The molecule has 0 spiro atoms. The number of aromatic hydroxyl groups is 1. The summed E-state index contributed by atoms with van der Waals surface area (Å²) in [5, 5.41) is 87.8. The molecule has 0 radical (unpaired) electrons. The second-order valence-electron chi connectivity index (χ2n) is 37.5. The summed E-state index contributed by atoms with van der Waals surface area (Å²) in [6.45, 7) is 22.5. The number of nitrogen functional groups attached to an aromatic ring is 3. The normalized spacial score (nSPS) is 12.4. The molecular weight excluding hydrogens is 2260 g/mol. The number of benzene rings is 10. The van der Waals surface area contributed by atoms with Gasteiger partial charge >= 0.3 is 14.1 Å². The van der Waals surface area contributed by atoms with Gasteiger partial charge in [-0.1, -0.05) is 235 Å². The van der Waals surface area contributed by atoms with Gasteiger partial charge < -0.3 is 70.2 Å². The molecule has 0 unspecified atom stereocenters. The largest absolute Gasteiger partial charge is 0.508 e. The number of carbonyl (C=O) groups is 3. The van der Waals surface area contributed by atoms with E-state index in [1.165, 1.54) is 105 Å². The van der Waals surface area contributed by atoms with E-state index in [1.54, 1.807) is 111 Å². The Hall–Kier alpha value is -10.9. The summed E-state index contributed by atoms with van der Waals surface area (Å²) in [5.74, 6) is 31.7. The predicted octanol–water partition coefficient (Wildman–Crippen LogP) is 21.6. The molecule has 0 atom stereocenters. The molecule has 3 saturated carbocycles. The van der Waals surface area contributed by atoms with E-state index in [4.69, 9.17) is 133 Å². The van der Waals surface area contributed by atoms with E-state index >= 15 is 0 Å². The van der Waals surface area contributed by atoms with Crippen LogP contribution >= 0.6 is 162 Å². The number of tetrazole rings is 3. The molecule has 150 heavy (non-hydrogen) atoms. The highest BCUT2D eigenvalue weighted by molar-refractivity contribution is 14.1. The van der Waals surface area contributed by atoms with E-state index in [-0.39, 0.29) is 40.7 Å². The molecule has 778 valence electrons. The molecule has 3 aliphatic carbocycles. The Bertz CT molecular complexity index is 7370. The van der Waals surface area contributed by atoms with Crippen LogP contribution in [0.15, 0.2) is 204 Å². The molecule has 3 aromatic heterocycles. The number of hydrogen-bond acceptors (Lipinski definition) is 26. The van der Waals surface area contributed by atoms with E-state index in [9.17, 15) is 29.5 Å². The first kappa shape index (κ1) is 119. The van der Waals surface area contributed by atoms with Crippen LogP contribution in [0.1, 0.15) is 176 Å². The van der Waals surface area contributed by atoms with Crippen molar-refractivity contribution in [3.63, 3.8) is 0 Å². The molecule has 13 aromatic rings. The van der Waals surface area contributed by atoms with Crippen LogP contribution in [0.4, 0.5) is 34.1 Å². The van der Waals surface area contributed by atoms with Gasteiger partial charge in [-0.25, -0.2) is 0 Å². The highest BCUT2D eigenvalue weighted by Gasteiger charge is 2.30. The highest BCUT2D eigenvalue weighted by atomic mass is 127. The topological polar surface area (TPSA) is 445 Å². The quantitative estimate of drug-likeness (QED) is 0.00831. The number of nitrogens with zero attached hydrogens (tertiary/aromatic N) is 12. The van der Waals surface area contributed by atoms with Crippen LogP contribution in [0.25, 0.3) is 17.1 Å². The lowest BCUT2D eigenvalue weighted by Crippen LogP contribution is -2.46. The number of para-hydroxylation sites is 1. The van der Waals surface area contributed by atoms with Crippen LogP contribution in [0.2, 0.25) is 58.8 Å². The monoisotopic (exact) mass is 2360 g/mol. The van der Waals surface area contributed by atoms with Crippen LogP contribution in [0.3, 0.4) is 0 Å². The fourth-order valence-electron chi connectivity index (χ4n) is 13.4. The van der Waals surface area contributed by atoms with Crippen molar-refractivity contribution in [2.75, 3.05) is 50.4 Å². The standard InChI is InChI=1S/C30H28Cl2N6O2S.C24H25BCl2N6O2S.C23H22Cl2N6OS.C12H16BClN2O.C11H13ClN2.C6H5ClIN/c1-30(2,33-17-22-5-3-4-6-27(22)39)14-13-19-7-11-25(23(31)15-19)34-28(40)18-41-29-35-36-37-38(29)26-12-10-21(16-24(26)32)20-8-9-20;1-24(2,30-25(3)35)11-10-15-4-8-20(18(26)12-15)28-22(34)14-36-23-29-31-32-33(23)21-9-7-17(13-19(21)27)16-5-6-16;1-23(2,26)10-9-14-3-7-19(17(24)11-14)27-21(32)13-33-22-28-29-30-31(22)20-8-6-16(12-18(20)25)15-4-5-15;1-12(2,16-13(3)17)7-6-9-4-5-11(15)10(14)8-9;1-11(2,14)6-5-8-3-4-10(13)9(12)7-8;7-5-3-4(8)1-2-6(5)9/h3-7,10-12,15-16,20,33,39H,8-9,17-18H2,1-2H3,(H,34,40);4,7-9,12-13,16,30,35H,5-6,14H2,1-3H3,(H,28,34);3,6-8,11-12,15H,4-5,13,26H2,1-2H3,(H,27,32);4-5,8,16-17H,15H2,1-3H3;3-4,7H,13-14H2,1-2H3;1-3H,9H2. The smallest absolute Gasteiger partial charge is 0.374 e. The van der Waals surface area contributed by atoms with Gasteiger partial charge in [0.15, 0.2) is 0 Å². The van der Waals surface area contributed by atoms with Gasteiger partial charge in [0.2, 0.25) is 33.2 Å². The lowest BCUT2D eigenvalue weighted by atomic mass is 9.84. The van der Waals surface area contributed by atoms with E-state index < -0.39 is 41.8 Å². The number of halogens is 10. The summed E-state index contributed by atoms with van der Waals surface area (Å²) in [6, 6.07) is 56.6. The molecule has 3 heterocycles. The first-order valence-electron chi connectivity index (χ1n) is 46.8. The lowest BCUT2D eigenvalue weighted by molar-refractivity contribution is -0.114. The molecule has 0 aliphatic heterocycles. The zero-order valence-corrected chi connectivity index (χ0v) is 95.1. The second kappa shape index (κ2) is 55.0. The minimum Gasteiger partial charge on any atom is -0.508 e. The summed E-state index contributed by atoms with van der Waals surface area (Å²) < 4.78 is 5.71. The van der Waals surface area contributed by atoms with Crippen molar-refractivity contribution < 1.29 is 29.5 Å². The number of nitrogens with one attached hydrogen (secondary N) is 6. The number of carbonyl (C=O) groups excluding carboxylic acids is 3. The van der Waals surface area contributed by atoms with Crippen molar-refractivity contribution >= 4 is 228 Å². The van der Waals surface area contributed by atoms with Crippen molar-refractivity contribution in [2.45, 2.75) is 189 Å². The summed E-state index contributed by atoms with van der Waals surface area (Å²) in [7, 11) is -1.28. The maximum atomic E-state index is 12.7. The summed E-state index contributed by atoms with van der Waals surface area (Å²) in [4.78, 5) is 37.8. The van der Waals surface area contributed by atoms with Gasteiger partial charge in [-0.3, -0.25) is 19.7 Å². The summed E-state index contributed by atoms with van der Waals surface area (Å²) in [6.07, 6.45) is 7.15. The van der Waals surface area contributed by atoms with Crippen molar-refractivity contribution in [3.8, 4) is 82.0 Å². The average Bonchev–Trinajstić information content (AvgIpc) is 1.66. The second-order valence-corrected chi connectivity index (χ2v) is 45.2. The van der Waals surface area contributed by atoms with Crippen molar-refractivity contribution in [2.24, 2.45) is 11.5 Å². The van der Waals surface area contributed by atoms with Gasteiger partial charge in [0.1, 0.15) is 5.75 Å². The molecule has 3 fully saturated rings. The Kier molecular flexibility index (Phi) is 43.8. The SMILES string of the molecule is CB(O)NC(C)(C)C#Cc1ccc(N)c(Cl)c1.CB(O)NC(C)(C)C#Cc1ccc(NC(=O)CSc2nnnn2-c2ccc(C3CC3)cc2Cl)c(Cl)c1.CC(C)(C#Cc1ccc(NC(=O)CSc2nnnn2-c2ccc(C3CC3)cc2Cl)c(Cl)c1)NCc1ccccc1O.CC(C)(N)C#Cc1ccc(N)c(Cl)c1.CC(C)(N)C#Cc1ccc(NC(=O)CSc2nnnn2-c2ccc(C3CC3)cc2Cl)c(Cl)c1.Nc1ccc(I)cc1Cl.